The average Bonchev–Trinajstić information content (AvgIpc) is 2.71. The standard InChI is InChI=1S/C17H11BrFNO2/c18-13-1-6-16-12(10-13)9-11(7-8-22-16)17(21)20-15-4-2-14(19)3-5-15/h1-10H,(H,20,21). The van der Waals surface area contributed by atoms with Crippen LogP contribution in [0.2, 0.25) is 0 Å². The minimum absolute atomic E-state index is 0.292. The zero-order chi connectivity index (χ0) is 15.5. The zero-order valence-electron chi connectivity index (χ0n) is 11.3. The van der Waals surface area contributed by atoms with E-state index < -0.39 is 0 Å². The van der Waals surface area contributed by atoms with Gasteiger partial charge in [0.25, 0.3) is 5.91 Å². The van der Waals surface area contributed by atoms with E-state index in [4.69, 9.17) is 4.74 Å². The van der Waals surface area contributed by atoms with Crippen LogP contribution in [0, 0.1) is 5.82 Å². The van der Waals surface area contributed by atoms with Gasteiger partial charge in [-0.25, -0.2) is 4.39 Å². The molecule has 0 radical (unpaired) electrons. The van der Waals surface area contributed by atoms with Gasteiger partial charge < -0.3 is 10.1 Å². The summed E-state index contributed by atoms with van der Waals surface area (Å²) in [5, 5.41) is 2.72. The van der Waals surface area contributed by atoms with Gasteiger partial charge in [-0.2, -0.15) is 0 Å². The van der Waals surface area contributed by atoms with E-state index >= 15 is 0 Å². The third-order valence-corrected chi connectivity index (χ3v) is 3.58. The van der Waals surface area contributed by atoms with Crippen LogP contribution in [-0.4, -0.2) is 5.91 Å². The second kappa shape index (κ2) is 6.15. The van der Waals surface area contributed by atoms with Crippen LogP contribution in [-0.2, 0) is 4.79 Å². The summed E-state index contributed by atoms with van der Waals surface area (Å²) in [4.78, 5) is 12.3. The maximum atomic E-state index is 12.9. The molecule has 0 atom stereocenters. The Bertz CT molecular complexity index is 782. The van der Waals surface area contributed by atoms with Crippen LogP contribution < -0.4 is 10.1 Å². The topological polar surface area (TPSA) is 38.3 Å². The largest absolute Gasteiger partial charge is 0.464 e. The van der Waals surface area contributed by atoms with E-state index in [0.717, 1.165) is 10.0 Å². The van der Waals surface area contributed by atoms with Crippen molar-refractivity contribution in [3.05, 3.63) is 76.2 Å². The number of benzene rings is 2. The van der Waals surface area contributed by atoms with Crippen LogP contribution in [0.3, 0.4) is 0 Å². The molecule has 1 amide bonds. The van der Waals surface area contributed by atoms with E-state index in [0.29, 0.717) is 17.0 Å². The minimum Gasteiger partial charge on any atom is -0.464 e. The van der Waals surface area contributed by atoms with Crippen LogP contribution in [0.5, 0.6) is 5.75 Å². The van der Waals surface area contributed by atoms with Gasteiger partial charge in [0.05, 0.1) is 6.26 Å². The molecule has 1 N–H and O–H groups in total. The van der Waals surface area contributed by atoms with E-state index in [1.54, 1.807) is 12.2 Å². The Morgan fingerprint density at radius 1 is 1.14 bits per heavy atom. The predicted molar refractivity (Wildman–Crippen MR) is 86.9 cm³/mol. The van der Waals surface area contributed by atoms with Crippen LogP contribution in [0.15, 0.2) is 64.8 Å². The minimum atomic E-state index is -0.348. The van der Waals surface area contributed by atoms with Crippen molar-refractivity contribution in [1.82, 2.24) is 0 Å². The first-order valence-electron chi connectivity index (χ1n) is 6.53. The number of fused-ring (bicyclic) bond motifs is 1. The molecule has 0 spiro atoms. The molecular formula is C17H11BrFNO2. The third-order valence-electron chi connectivity index (χ3n) is 3.09. The maximum absolute atomic E-state index is 12.9. The molecule has 1 aliphatic heterocycles. The molecule has 2 aromatic rings. The summed E-state index contributed by atoms with van der Waals surface area (Å²) in [6, 6.07) is 11.2. The number of amides is 1. The number of carbonyl (C=O) groups excluding carboxylic acids is 1. The molecule has 22 heavy (non-hydrogen) atoms. The summed E-state index contributed by atoms with van der Waals surface area (Å²) < 4.78 is 19.2. The average molecular weight is 360 g/mol. The Morgan fingerprint density at radius 2 is 1.91 bits per heavy atom. The van der Waals surface area contributed by atoms with E-state index in [9.17, 15) is 9.18 Å². The summed E-state index contributed by atoms with van der Waals surface area (Å²) in [7, 11) is 0. The van der Waals surface area contributed by atoms with Crippen molar-refractivity contribution < 1.29 is 13.9 Å². The lowest BCUT2D eigenvalue weighted by atomic mass is 10.1. The molecule has 0 aliphatic carbocycles. The van der Waals surface area contributed by atoms with E-state index in [-0.39, 0.29) is 11.7 Å². The molecule has 110 valence electrons. The quantitative estimate of drug-likeness (QED) is 0.856. The SMILES string of the molecule is O=C(Nc1ccc(F)cc1)C1=Cc2cc(Br)ccc2OC=C1. The number of halogens is 2. The maximum Gasteiger partial charge on any atom is 0.255 e. The van der Waals surface area contributed by atoms with Gasteiger partial charge in [0.1, 0.15) is 11.6 Å². The van der Waals surface area contributed by atoms with Crippen molar-refractivity contribution in [2.24, 2.45) is 0 Å². The molecule has 0 saturated heterocycles. The van der Waals surface area contributed by atoms with E-state index in [1.165, 1.54) is 30.5 Å². The fourth-order valence-corrected chi connectivity index (χ4v) is 2.39. The van der Waals surface area contributed by atoms with E-state index in [1.807, 2.05) is 18.2 Å². The van der Waals surface area contributed by atoms with Crippen LogP contribution in [0.25, 0.3) is 6.08 Å². The Labute approximate surface area is 135 Å². The molecule has 0 bridgehead atoms. The molecule has 0 unspecified atom stereocenters. The number of hydrogen-bond donors (Lipinski definition) is 1. The molecule has 0 fully saturated rings. The number of ether oxygens (including phenoxy) is 1. The lowest BCUT2D eigenvalue weighted by Crippen LogP contribution is -2.13. The molecule has 3 rings (SSSR count). The Morgan fingerprint density at radius 3 is 2.68 bits per heavy atom. The highest BCUT2D eigenvalue weighted by Gasteiger charge is 2.12. The molecule has 1 heterocycles. The van der Waals surface area contributed by atoms with Gasteiger partial charge in [-0.3, -0.25) is 4.79 Å². The number of carbonyl (C=O) groups is 1. The summed E-state index contributed by atoms with van der Waals surface area (Å²) in [6.45, 7) is 0. The van der Waals surface area contributed by atoms with Gasteiger partial charge in [-0.05, 0) is 54.6 Å². The molecule has 2 aromatic carbocycles. The second-order valence-corrected chi connectivity index (χ2v) is 5.58. The third kappa shape index (κ3) is 3.26. The number of nitrogens with one attached hydrogen (secondary N) is 1. The first-order chi connectivity index (χ1) is 10.6. The highest BCUT2D eigenvalue weighted by molar-refractivity contribution is 9.10. The van der Waals surface area contributed by atoms with E-state index in [2.05, 4.69) is 21.2 Å². The monoisotopic (exact) mass is 359 g/mol. The van der Waals surface area contributed by atoms with Crippen molar-refractivity contribution >= 4 is 33.6 Å². The molecular weight excluding hydrogens is 349 g/mol. The molecule has 1 aliphatic rings. The summed E-state index contributed by atoms with van der Waals surface area (Å²) in [5.41, 5.74) is 1.77. The molecule has 3 nitrogen and oxygen atoms in total. The van der Waals surface area contributed by atoms with Gasteiger partial charge in [0.15, 0.2) is 0 Å². The summed E-state index contributed by atoms with van der Waals surface area (Å²) in [6.07, 6.45) is 4.80. The lowest BCUT2D eigenvalue weighted by Gasteiger charge is -2.06. The van der Waals surface area contributed by atoms with Crippen molar-refractivity contribution in [1.29, 1.82) is 0 Å². The highest BCUT2D eigenvalue weighted by atomic mass is 79.9. The number of anilines is 1. The summed E-state index contributed by atoms with van der Waals surface area (Å²) in [5.74, 6) is 0.0297. The first-order valence-corrected chi connectivity index (χ1v) is 7.32. The van der Waals surface area contributed by atoms with Crippen molar-refractivity contribution in [3.63, 3.8) is 0 Å². The van der Waals surface area contributed by atoms with Crippen molar-refractivity contribution in [3.8, 4) is 5.75 Å². The second-order valence-electron chi connectivity index (χ2n) is 4.66. The number of hydrogen-bond acceptors (Lipinski definition) is 2. The van der Waals surface area contributed by atoms with Gasteiger partial charge in [0.2, 0.25) is 0 Å². The molecule has 0 saturated carbocycles. The highest BCUT2D eigenvalue weighted by Crippen LogP contribution is 2.28. The summed E-state index contributed by atoms with van der Waals surface area (Å²) >= 11 is 3.39. The Balaban J connectivity index is 1.86. The fourth-order valence-electron chi connectivity index (χ4n) is 2.01. The smallest absolute Gasteiger partial charge is 0.255 e. The zero-order valence-corrected chi connectivity index (χ0v) is 12.9. The van der Waals surface area contributed by atoms with Gasteiger partial charge in [-0.15, -0.1) is 0 Å². The van der Waals surface area contributed by atoms with Gasteiger partial charge in [0, 0.05) is 21.3 Å². The first kappa shape index (κ1) is 14.5. The lowest BCUT2D eigenvalue weighted by molar-refractivity contribution is -0.112. The van der Waals surface area contributed by atoms with Crippen molar-refractivity contribution in [2.45, 2.75) is 0 Å². The normalized spacial score (nSPS) is 12.7. The van der Waals surface area contributed by atoms with Crippen molar-refractivity contribution in [2.75, 3.05) is 5.32 Å². The predicted octanol–water partition coefficient (Wildman–Crippen LogP) is 4.52. The van der Waals surface area contributed by atoms with Gasteiger partial charge in [-0.1, -0.05) is 15.9 Å². The van der Waals surface area contributed by atoms with Crippen LogP contribution in [0.1, 0.15) is 5.56 Å². The number of rotatable bonds is 2. The molecule has 0 aromatic heterocycles. The van der Waals surface area contributed by atoms with Crippen LogP contribution in [0.4, 0.5) is 10.1 Å². The Kier molecular flexibility index (Phi) is 4.06. The van der Waals surface area contributed by atoms with Crippen LogP contribution >= 0.6 is 15.9 Å². The molecule has 5 heteroatoms. The van der Waals surface area contributed by atoms with Gasteiger partial charge >= 0.3 is 0 Å². The fraction of sp³-hybridized carbons (Fsp3) is 0. The Hall–Kier alpha value is -2.40.